The van der Waals surface area contributed by atoms with E-state index in [0.29, 0.717) is 0 Å². The summed E-state index contributed by atoms with van der Waals surface area (Å²) < 4.78 is 12.3. The van der Waals surface area contributed by atoms with Gasteiger partial charge >= 0.3 is 5.97 Å². The summed E-state index contributed by atoms with van der Waals surface area (Å²) in [6, 6.07) is 9.36. The number of rotatable bonds is 4. The standard InChI is InChI=1S/C18H16Cl2N2O3/c1-3-9-18(10-24-11-18)25-16(23)14-15(19)21-17(20)22(14)12(2)13-7-5-4-6-8-13/h4-8,12H,10-11H2,1-2H3/t12-/m1/s1. The second-order valence-corrected chi connectivity index (χ2v) is 6.42. The Hall–Kier alpha value is -2.00. The molecular formula is C18H16Cl2N2O3. The zero-order valence-corrected chi connectivity index (χ0v) is 15.3. The summed E-state index contributed by atoms with van der Waals surface area (Å²) >= 11 is 12.4. The Labute approximate surface area is 155 Å². The fourth-order valence-electron chi connectivity index (χ4n) is 2.69. The number of halogens is 2. The van der Waals surface area contributed by atoms with Crippen molar-refractivity contribution >= 4 is 29.2 Å². The largest absolute Gasteiger partial charge is 0.436 e. The second kappa shape index (κ2) is 7.09. The Morgan fingerprint density at radius 1 is 1.36 bits per heavy atom. The van der Waals surface area contributed by atoms with Crippen LogP contribution in [0.1, 0.15) is 35.9 Å². The minimum atomic E-state index is -0.938. The van der Waals surface area contributed by atoms with Gasteiger partial charge in [0.25, 0.3) is 0 Å². The van der Waals surface area contributed by atoms with E-state index >= 15 is 0 Å². The molecule has 1 aromatic carbocycles. The average molecular weight is 379 g/mol. The molecule has 0 radical (unpaired) electrons. The minimum absolute atomic E-state index is 0.00219. The molecule has 1 atom stereocenters. The Kier molecular flexibility index (Phi) is 5.05. The lowest BCUT2D eigenvalue weighted by Gasteiger charge is -2.36. The molecule has 1 aliphatic rings. The third kappa shape index (κ3) is 3.38. The highest BCUT2D eigenvalue weighted by molar-refractivity contribution is 6.34. The molecule has 5 nitrogen and oxygen atoms in total. The van der Waals surface area contributed by atoms with Crippen molar-refractivity contribution in [2.75, 3.05) is 13.2 Å². The lowest BCUT2D eigenvalue weighted by atomic mass is 10.0. The summed E-state index contributed by atoms with van der Waals surface area (Å²) in [5.41, 5.74) is 0.127. The molecule has 7 heteroatoms. The first-order valence-corrected chi connectivity index (χ1v) is 8.46. The van der Waals surface area contributed by atoms with Gasteiger partial charge in [-0.2, -0.15) is 0 Å². The molecule has 0 bridgehead atoms. The molecule has 25 heavy (non-hydrogen) atoms. The van der Waals surface area contributed by atoms with Gasteiger partial charge in [-0.15, -0.1) is 5.92 Å². The van der Waals surface area contributed by atoms with Crippen molar-refractivity contribution in [2.45, 2.75) is 25.5 Å². The van der Waals surface area contributed by atoms with E-state index in [0.717, 1.165) is 5.56 Å². The zero-order valence-electron chi connectivity index (χ0n) is 13.8. The van der Waals surface area contributed by atoms with Crippen LogP contribution >= 0.6 is 23.2 Å². The number of aromatic nitrogens is 2. The van der Waals surface area contributed by atoms with Crippen LogP contribution in [0.15, 0.2) is 30.3 Å². The van der Waals surface area contributed by atoms with Crippen LogP contribution in [0, 0.1) is 11.8 Å². The average Bonchev–Trinajstić information content (AvgIpc) is 2.87. The van der Waals surface area contributed by atoms with Crippen molar-refractivity contribution in [3.8, 4) is 11.8 Å². The number of carbonyl (C=O) groups excluding carboxylic acids is 1. The summed E-state index contributed by atoms with van der Waals surface area (Å²) in [6.45, 7) is 4.05. The van der Waals surface area contributed by atoms with Crippen molar-refractivity contribution in [1.29, 1.82) is 0 Å². The predicted octanol–water partition coefficient (Wildman–Crippen LogP) is 3.75. The molecular weight excluding hydrogens is 363 g/mol. The molecule has 0 spiro atoms. The molecule has 1 aromatic heterocycles. The number of ether oxygens (including phenoxy) is 2. The van der Waals surface area contributed by atoms with Gasteiger partial charge in [0.05, 0.1) is 6.04 Å². The summed E-state index contributed by atoms with van der Waals surface area (Å²) in [7, 11) is 0. The Morgan fingerprint density at radius 3 is 2.60 bits per heavy atom. The molecule has 0 amide bonds. The van der Waals surface area contributed by atoms with Gasteiger partial charge in [0.1, 0.15) is 13.2 Å². The highest BCUT2D eigenvalue weighted by Crippen LogP contribution is 2.31. The molecule has 1 fully saturated rings. The molecule has 3 rings (SSSR count). The highest BCUT2D eigenvalue weighted by Gasteiger charge is 2.42. The van der Waals surface area contributed by atoms with E-state index in [-0.39, 0.29) is 35.4 Å². The van der Waals surface area contributed by atoms with Gasteiger partial charge in [0, 0.05) is 0 Å². The lowest BCUT2D eigenvalue weighted by molar-refractivity contribution is -0.146. The van der Waals surface area contributed by atoms with Gasteiger partial charge in [0.2, 0.25) is 10.9 Å². The van der Waals surface area contributed by atoms with Crippen LogP contribution in [0.3, 0.4) is 0 Å². The van der Waals surface area contributed by atoms with Crippen molar-refractivity contribution < 1.29 is 14.3 Å². The van der Waals surface area contributed by atoms with E-state index in [1.165, 1.54) is 0 Å². The highest BCUT2D eigenvalue weighted by atomic mass is 35.5. The Morgan fingerprint density at radius 2 is 2.04 bits per heavy atom. The van der Waals surface area contributed by atoms with Crippen LogP contribution in [-0.4, -0.2) is 34.3 Å². The van der Waals surface area contributed by atoms with Crippen molar-refractivity contribution in [1.82, 2.24) is 9.55 Å². The van der Waals surface area contributed by atoms with E-state index in [1.807, 2.05) is 37.3 Å². The van der Waals surface area contributed by atoms with Gasteiger partial charge in [-0.25, -0.2) is 9.78 Å². The van der Waals surface area contributed by atoms with Crippen molar-refractivity contribution in [3.63, 3.8) is 0 Å². The molecule has 2 aromatic rings. The summed E-state index contributed by atoms with van der Waals surface area (Å²) in [5, 5.41) is 0.117. The van der Waals surface area contributed by atoms with Gasteiger partial charge < -0.3 is 14.0 Å². The topological polar surface area (TPSA) is 53.3 Å². The van der Waals surface area contributed by atoms with Crippen LogP contribution in [0.2, 0.25) is 10.4 Å². The quantitative estimate of drug-likeness (QED) is 0.600. The maximum absolute atomic E-state index is 12.8. The number of hydrogen-bond acceptors (Lipinski definition) is 4. The maximum Gasteiger partial charge on any atom is 0.360 e. The van der Waals surface area contributed by atoms with E-state index < -0.39 is 11.6 Å². The number of esters is 1. The Balaban J connectivity index is 1.96. The molecule has 0 saturated carbocycles. The van der Waals surface area contributed by atoms with Gasteiger partial charge in [-0.1, -0.05) is 47.9 Å². The van der Waals surface area contributed by atoms with E-state index in [9.17, 15) is 4.79 Å². The SMILES string of the molecule is CC#CC1(OC(=O)c2c(Cl)nc(Cl)n2[C@H](C)c2ccccc2)COC1. The summed E-state index contributed by atoms with van der Waals surface area (Å²) in [6.07, 6.45) is 0. The second-order valence-electron chi connectivity index (χ2n) is 5.73. The van der Waals surface area contributed by atoms with Gasteiger partial charge in [0.15, 0.2) is 10.8 Å². The van der Waals surface area contributed by atoms with Crippen LogP contribution in [0.4, 0.5) is 0 Å². The molecule has 0 aliphatic carbocycles. The molecule has 0 unspecified atom stereocenters. The lowest BCUT2D eigenvalue weighted by Crippen LogP contribution is -2.52. The van der Waals surface area contributed by atoms with E-state index in [2.05, 4.69) is 16.8 Å². The van der Waals surface area contributed by atoms with Gasteiger partial charge in [-0.3, -0.25) is 0 Å². The van der Waals surface area contributed by atoms with E-state index in [1.54, 1.807) is 11.5 Å². The summed E-state index contributed by atoms with van der Waals surface area (Å²) in [4.78, 5) is 16.8. The van der Waals surface area contributed by atoms with Gasteiger partial charge in [-0.05, 0) is 31.0 Å². The Bertz CT molecular complexity index is 848. The first kappa shape index (κ1) is 17.8. The molecule has 1 saturated heterocycles. The fourth-order valence-corrected chi connectivity index (χ4v) is 3.30. The van der Waals surface area contributed by atoms with Crippen LogP contribution in [0.5, 0.6) is 0 Å². The number of hydrogen-bond donors (Lipinski definition) is 0. The van der Waals surface area contributed by atoms with Crippen molar-refractivity contribution in [3.05, 3.63) is 52.0 Å². The van der Waals surface area contributed by atoms with Crippen LogP contribution < -0.4 is 0 Å². The van der Waals surface area contributed by atoms with Crippen molar-refractivity contribution in [2.24, 2.45) is 0 Å². The third-order valence-corrected chi connectivity index (χ3v) is 4.53. The number of benzene rings is 1. The summed E-state index contributed by atoms with van der Waals surface area (Å²) in [5.74, 6) is 5.01. The molecule has 130 valence electrons. The van der Waals surface area contributed by atoms with Crippen LogP contribution in [-0.2, 0) is 9.47 Å². The third-order valence-electron chi connectivity index (χ3n) is 4.00. The number of imidazole rings is 1. The maximum atomic E-state index is 12.8. The number of carbonyl (C=O) groups is 1. The first-order chi connectivity index (χ1) is 12.0. The predicted molar refractivity (Wildman–Crippen MR) is 94.9 cm³/mol. The molecule has 2 heterocycles. The molecule has 1 aliphatic heterocycles. The van der Waals surface area contributed by atoms with Crippen LogP contribution in [0.25, 0.3) is 0 Å². The smallest absolute Gasteiger partial charge is 0.360 e. The zero-order chi connectivity index (χ0) is 18.0. The molecule has 0 N–H and O–H groups in total. The fraction of sp³-hybridized carbons (Fsp3) is 0.333. The number of nitrogens with zero attached hydrogens (tertiary/aromatic N) is 2. The monoisotopic (exact) mass is 378 g/mol. The first-order valence-electron chi connectivity index (χ1n) is 7.70. The minimum Gasteiger partial charge on any atom is -0.436 e. The van der Waals surface area contributed by atoms with E-state index in [4.69, 9.17) is 32.7 Å². The normalized spacial score (nSPS) is 16.3.